The SMILES string of the molecule is NNC(c1ccc(Cl)s1)C1CC2CCC1O2. The average Bonchev–Trinajstić information content (AvgIpc) is 2.96. The molecule has 0 spiro atoms. The fourth-order valence-corrected chi connectivity index (χ4v) is 4.14. The summed E-state index contributed by atoms with van der Waals surface area (Å²) in [5.41, 5.74) is 2.93. The molecule has 3 N–H and O–H groups in total. The van der Waals surface area contributed by atoms with Gasteiger partial charge in [0.15, 0.2) is 0 Å². The normalized spacial score (nSPS) is 34.5. The van der Waals surface area contributed by atoms with Crippen LogP contribution in [0.5, 0.6) is 0 Å². The number of fused-ring (bicyclic) bond motifs is 2. The van der Waals surface area contributed by atoms with Crippen LogP contribution < -0.4 is 11.3 Å². The van der Waals surface area contributed by atoms with Crippen molar-refractivity contribution in [2.24, 2.45) is 11.8 Å². The lowest BCUT2D eigenvalue weighted by molar-refractivity contribution is 0.0859. The number of halogens is 1. The molecule has 88 valence electrons. The highest BCUT2D eigenvalue weighted by Crippen LogP contribution is 2.45. The van der Waals surface area contributed by atoms with Crippen LogP contribution in [0.4, 0.5) is 0 Å². The number of hydrogen-bond donors (Lipinski definition) is 2. The summed E-state index contributed by atoms with van der Waals surface area (Å²) in [5, 5.41) is 0. The standard InChI is InChI=1S/C11H15ClN2OS/c12-10-4-3-9(16-10)11(14-13)7-5-6-1-2-8(7)15-6/h3-4,6-8,11,14H,1-2,5,13H2. The number of rotatable bonds is 3. The molecule has 3 rings (SSSR count). The Bertz CT molecular complexity index is 384. The van der Waals surface area contributed by atoms with Crippen LogP contribution in [0.25, 0.3) is 0 Å². The lowest BCUT2D eigenvalue weighted by atomic mass is 9.83. The molecule has 2 bridgehead atoms. The molecule has 2 fully saturated rings. The van der Waals surface area contributed by atoms with Gasteiger partial charge in [-0.2, -0.15) is 0 Å². The van der Waals surface area contributed by atoms with Crippen LogP contribution in [0.2, 0.25) is 4.34 Å². The summed E-state index contributed by atoms with van der Waals surface area (Å²) < 4.78 is 6.69. The van der Waals surface area contributed by atoms with E-state index in [1.807, 2.05) is 6.07 Å². The van der Waals surface area contributed by atoms with Crippen LogP contribution >= 0.6 is 22.9 Å². The predicted octanol–water partition coefficient (Wildman–Crippen LogP) is 2.47. The van der Waals surface area contributed by atoms with Crippen LogP contribution in [-0.2, 0) is 4.74 Å². The fourth-order valence-electron chi connectivity index (χ4n) is 2.94. The second-order valence-corrected chi connectivity index (χ2v) is 6.31. The minimum atomic E-state index is 0.188. The first-order valence-corrected chi connectivity index (χ1v) is 6.84. The Morgan fingerprint density at radius 1 is 1.50 bits per heavy atom. The number of nitrogens with one attached hydrogen (secondary N) is 1. The maximum absolute atomic E-state index is 5.97. The molecular weight excluding hydrogens is 244 g/mol. The van der Waals surface area contributed by atoms with Gasteiger partial charge in [-0.05, 0) is 31.4 Å². The van der Waals surface area contributed by atoms with E-state index >= 15 is 0 Å². The average molecular weight is 259 g/mol. The molecule has 4 atom stereocenters. The molecule has 3 nitrogen and oxygen atoms in total. The Labute approximate surface area is 104 Å². The van der Waals surface area contributed by atoms with Crippen LogP contribution in [0, 0.1) is 5.92 Å². The summed E-state index contributed by atoms with van der Waals surface area (Å²) in [6, 6.07) is 4.18. The van der Waals surface area contributed by atoms with Crippen molar-refractivity contribution in [1.82, 2.24) is 5.43 Å². The summed E-state index contributed by atoms with van der Waals surface area (Å²) in [6.07, 6.45) is 4.35. The first-order chi connectivity index (χ1) is 7.78. The van der Waals surface area contributed by atoms with Gasteiger partial charge in [0, 0.05) is 10.8 Å². The van der Waals surface area contributed by atoms with Crippen molar-refractivity contribution in [1.29, 1.82) is 0 Å². The summed E-state index contributed by atoms with van der Waals surface area (Å²) in [6.45, 7) is 0. The van der Waals surface area contributed by atoms with E-state index in [-0.39, 0.29) is 6.04 Å². The lowest BCUT2D eigenvalue weighted by Crippen LogP contribution is -2.37. The molecule has 1 aromatic rings. The molecule has 2 aliphatic rings. The van der Waals surface area contributed by atoms with Crippen LogP contribution in [-0.4, -0.2) is 12.2 Å². The van der Waals surface area contributed by atoms with Crippen molar-refractivity contribution < 1.29 is 4.74 Å². The zero-order chi connectivity index (χ0) is 11.1. The quantitative estimate of drug-likeness (QED) is 0.647. The number of ether oxygens (including phenoxy) is 1. The minimum Gasteiger partial charge on any atom is -0.375 e. The smallest absolute Gasteiger partial charge is 0.0931 e. The zero-order valence-electron chi connectivity index (χ0n) is 8.86. The molecule has 0 amide bonds. The molecule has 3 heterocycles. The summed E-state index contributed by atoms with van der Waals surface area (Å²) >= 11 is 7.57. The van der Waals surface area contributed by atoms with E-state index in [9.17, 15) is 0 Å². The fraction of sp³-hybridized carbons (Fsp3) is 0.636. The third-order valence-electron chi connectivity index (χ3n) is 3.66. The second kappa shape index (κ2) is 4.27. The first-order valence-electron chi connectivity index (χ1n) is 5.65. The molecule has 2 saturated heterocycles. The van der Waals surface area contributed by atoms with Crippen molar-refractivity contribution >= 4 is 22.9 Å². The van der Waals surface area contributed by atoms with E-state index in [0.717, 1.165) is 10.8 Å². The topological polar surface area (TPSA) is 47.3 Å². The third-order valence-corrected chi connectivity index (χ3v) is 4.98. The number of nitrogens with two attached hydrogens (primary N) is 1. The van der Waals surface area contributed by atoms with E-state index in [0.29, 0.717) is 18.1 Å². The van der Waals surface area contributed by atoms with Crippen molar-refractivity contribution in [3.05, 3.63) is 21.3 Å². The summed E-state index contributed by atoms with van der Waals surface area (Å²) in [4.78, 5) is 1.22. The predicted molar refractivity (Wildman–Crippen MR) is 65.4 cm³/mol. The lowest BCUT2D eigenvalue weighted by Gasteiger charge is -2.26. The van der Waals surface area contributed by atoms with Crippen molar-refractivity contribution in [2.45, 2.75) is 37.5 Å². The highest BCUT2D eigenvalue weighted by atomic mass is 35.5. The van der Waals surface area contributed by atoms with E-state index in [1.165, 1.54) is 17.7 Å². The van der Waals surface area contributed by atoms with Crippen LogP contribution in [0.15, 0.2) is 12.1 Å². The van der Waals surface area contributed by atoms with Gasteiger partial charge in [0.25, 0.3) is 0 Å². The van der Waals surface area contributed by atoms with Gasteiger partial charge in [0.2, 0.25) is 0 Å². The number of thiophene rings is 1. The Hall–Kier alpha value is -0.130. The van der Waals surface area contributed by atoms with Crippen molar-refractivity contribution in [3.8, 4) is 0 Å². The van der Waals surface area contributed by atoms with E-state index in [1.54, 1.807) is 11.3 Å². The largest absolute Gasteiger partial charge is 0.375 e. The van der Waals surface area contributed by atoms with Crippen molar-refractivity contribution in [2.75, 3.05) is 0 Å². The Morgan fingerprint density at radius 2 is 2.38 bits per heavy atom. The van der Waals surface area contributed by atoms with Gasteiger partial charge >= 0.3 is 0 Å². The van der Waals surface area contributed by atoms with Crippen molar-refractivity contribution in [3.63, 3.8) is 0 Å². The molecule has 0 radical (unpaired) electrons. The first kappa shape index (κ1) is 11.0. The molecule has 0 saturated carbocycles. The van der Waals surface area contributed by atoms with Gasteiger partial charge in [-0.25, -0.2) is 0 Å². The molecule has 16 heavy (non-hydrogen) atoms. The number of hydrazine groups is 1. The Morgan fingerprint density at radius 3 is 2.88 bits per heavy atom. The second-order valence-electron chi connectivity index (χ2n) is 4.56. The molecule has 1 aromatic heterocycles. The van der Waals surface area contributed by atoms with Gasteiger partial charge in [-0.3, -0.25) is 11.3 Å². The number of hydrogen-bond acceptors (Lipinski definition) is 4. The van der Waals surface area contributed by atoms with E-state index in [4.69, 9.17) is 22.2 Å². The molecule has 5 heteroatoms. The highest BCUT2D eigenvalue weighted by molar-refractivity contribution is 7.16. The van der Waals surface area contributed by atoms with E-state index in [2.05, 4.69) is 11.5 Å². The molecular formula is C11H15ClN2OS. The van der Waals surface area contributed by atoms with Gasteiger partial charge < -0.3 is 4.74 Å². The Balaban J connectivity index is 1.81. The third kappa shape index (κ3) is 1.79. The summed E-state index contributed by atoms with van der Waals surface area (Å²) in [5.74, 6) is 6.18. The molecule has 0 aromatic carbocycles. The maximum atomic E-state index is 5.97. The van der Waals surface area contributed by atoms with Gasteiger partial charge in [-0.1, -0.05) is 11.6 Å². The molecule has 4 unspecified atom stereocenters. The van der Waals surface area contributed by atoms with Crippen LogP contribution in [0.3, 0.4) is 0 Å². The minimum absolute atomic E-state index is 0.188. The monoisotopic (exact) mass is 258 g/mol. The maximum Gasteiger partial charge on any atom is 0.0931 e. The molecule has 0 aliphatic carbocycles. The highest BCUT2D eigenvalue weighted by Gasteiger charge is 2.44. The zero-order valence-corrected chi connectivity index (χ0v) is 10.4. The van der Waals surface area contributed by atoms with Gasteiger partial charge in [-0.15, -0.1) is 11.3 Å². The van der Waals surface area contributed by atoms with Gasteiger partial charge in [0.1, 0.15) is 0 Å². The van der Waals surface area contributed by atoms with E-state index < -0.39 is 0 Å². The van der Waals surface area contributed by atoms with Gasteiger partial charge in [0.05, 0.1) is 22.6 Å². The Kier molecular flexibility index (Phi) is 2.94. The molecule has 2 aliphatic heterocycles. The summed E-state index contributed by atoms with van der Waals surface area (Å²) in [7, 11) is 0. The van der Waals surface area contributed by atoms with Crippen LogP contribution in [0.1, 0.15) is 30.2 Å².